The van der Waals surface area contributed by atoms with Crippen molar-refractivity contribution in [1.82, 2.24) is 19.7 Å². The van der Waals surface area contributed by atoms with Gasteiger partial charge in [-0.15, -0.1) is 0 Å². The Morgan fingerprint density at radius 1 is 1.16 bits per heavy atom. The summed E-state index contributed by atoms with van der Waals surface area (Å²) in [6.07, 6.45) is 2.59. The lowest BCUT2D eigenvalue weighted by Gasteiger charge is -2.20. The van der Waals surface area contributed by atoms with E-state index in [-0.39, 0.29) is 12.0 Å². The van der Waals surface area contributed by atoms with Crippen molar-refractivity contribution < 1.29 is 9.84 Å². The van der Waals surface area contributed by atoms with Gasteiger partial charge in [-0.05, 0) is 5.92 Å². The van der Waals surface area contributed by atoms with E-state index in [0.717, 1.165) is 17.3 Å². The normalized spacial score (nSPS) is 20.7. The second-order valence-corrected chi connectivity index (χ2v) is 7.30. The number of aliphatic hydroxyl groups is 1. The second-order valence-electron chi connectivity index (χ2n) is 7.30. The molecule has 1 aliphatic rings. The first-order chi connectivity index (χ1) is 11.8. The highest BCUT2D eigenvalue weighted by molar-refractivity contribution is 5.43. The number of aliphatic hydroxyl groups excluding tert-OH is 1. The van der Waals surface area contributed by atoms with Gasteiger partial charge in [0, 0.05) is 31.3 Å². The first kappa shape index (κ1) is 17.7. The highest BCUT2D eigenvalue weighted by atomic mass is 16.5. The average molecular weight is 345 g/mol. The van der Waals surface area contributed by atoms with Gasteiger partial charge in [-0.1, -0.05) is 27.7 Å². The lowest BCUT2D eigenvalue weighted by Crippen LogP contribution is -2.29. The van der Waals surface area contributed by atoms with E-state index >= 15 is 0 Å². The minimum absolute atomic E-state index is 0.257. The van der Waals surface area contributed by atoms with Crippen molar-refractivity contribution in [3.05, 3.63) is 30.0 Å². The molecule has 0 aromatic carbocycles. The van der Waals surface area contributed by atoms with Gasteiger partial charge in [-0.2, -0.15) is 5.10 Å². The zero-order valence-electron chi connectivity index (χ0n) is 15.5. The van der Waals surface area contributed by atoms with E-state index in [4.69, 9.17) is 9.72 Å². The molecule has 7 nitrogen and oxygen atoms in total. The molecule has 0 aliphatic carbocycles. The Hall–Kier alpha value is -2.15. The quantitative estimate of drug-likeness (QED) is 0.894. The summed E-state index contributed by atoms with van der Waals surface area (Å²) in [7, 11) is 1.84. The Balaban J connectivity index is 1.80. The van der Waals surface area contributed by atoms with Gasteiger partial charge in [0.25, 0.3) is 0 Å². The summed E-state index contributed by atoms with van der Waals surface area (Å²) >= 11 is 0. The van der Waals surface area contributed by atoms with Gasteiger partial charge >= 0.3 is 0 Å². The lowest BCUT2D eigenvalue weighted by molar-refractivity contribution is 0.0737. The summed E-state index contributed by atoms with van der Waals surface area (Å²) in [5, 5.41) is 14.5. The Morgan fingerprint density at radius 2 is 1.92 bits per heavy atom. The predicted molar refractivity (Wildman–Crippen MR) is 96.1 cm³/mol. The Morgan fingerprint density at radius 3 is 2.52 bits per heavy atom. The fourth-order valence-electron chi connectivity index (χ4n) is 2.88. The van der Waals surface area contributed by atoms with Crippen molar-refractivity contribution in [2.75, 3.05) is 18.0 Å². The molecule has 1 saturated heterocycles. The number of aromatic nitrogens is 4. The third-order valence-electron chi connectivity index (χ3n) is 4.39. The van der Waals surface area contributed by atoms with Crippen molar-refractivity contribution in [3.8, 4) is 5.75 Å². The molecule has 1 N–H and O–H groups in total. The third kappa shape index (κ3) is 3.92. The van der Waals surface area contributed by atoms with Crippen molar-refractivity contribution in [3.63, 3.8) is 0 Å². The lowest BCUT2D eigenvalue weighted by atomic mass is 10.1. The summed E-state index contributed by atoms with van der Waals surface area (Å²) in [6, 6.07) is 2.02. The van der Waals surface area contributed by atoms with Gasteiger partial charge in [-0.3, -0.25) is 4.68 Å². The average Bonchev–Trinajstić information content (AvgIpc) is 3.13. The van der Waals surface area contributed by atoms with Crippen LogP contribution in [-0.4, -0.2) is 50.2 Å². The van der Waals surface area contributed by atoms with Crippen LogP contribution in [0.4, 0.5) is 5.82 Å². The van der Waals surface area contributed by atoms with E-state index in [1.807, 2.05) is 13.1 Å². The monoisotopic (exact) mass is 345 g/mol. The molecule has 7 heteroatoms. The molecule has 0 amide bonds. The SMILES string of the molecule is CC(C)c1cc(N2C[C@@H](O)[C@H](Oc3cnn(C)c3)C2)nc(C(C)C)n1. The number of hydrogen-bond acceptors (Lipinski definition) is 6. The van der Waals surface area contributed by atoms with Crippen LogP contribution in [0.2, 0.25) is 0 Å². The van der Waals surface area contributed by atoms with E-state index < -0.39 is 6.10 Å². The highest BCUT2D eigenvalue weighted by Crippen LogP contribution is 2.26. The molecule has 0 unspecified atom stereocenters. The largest absolute Gasteiger partial charge is 0.482 e. The van der Waals surface area contributed by atoms with E-state index in [2.05, 4.69) is 42.7 Å². The van der Waals surface area contributed by atoms with Gasteiger partial charge in [0.1, 0.15) is 23.9 Å². The van der Waals surface area contributed by atoms with E-state index in [0.29, 0.717) is 24.8 Å². The minimum Gasteiger partial charge on any atom is -0.482 e. The number of rotatable bonds is 5. The number of anilines is 1. The first-order valence-electron chi connectivity index (χ1n) is 8.80. The van der Waals surface area contributed by atoms with Crippen LogP contribution >= 0.6 is 0 Å². The first-order valence-corrected chi connectivity index (χ1v) is 8.80. The van der Waals surface area contributed by atoms with E-state index in [1.54, 1.807) is 17.1 Å². The van der Waals surface area contributed by atoms with Gasteiger partial charge in [-0.25, -0.2) is 9.97 Å². The number of ether oxygens (including phenoxy) is 1. The molecule has 3 heterocycles. The molecule has 1 fully saturated rings. The molecule has 25 heavy (non-hydrogen) atoms. The fraction of sp³-hybridized carbons (Fsp3) is 0.611. The predicted octanol–water partition coefficient (Wildman–Crippen LogP) is 2.09. The summed E-state index contributed by atoms with van der Waals surface area (Å²) < 4.78 is 7.58. The summed E-state index contributed by atoms with van der Waals surface area (Å²) in [5.74, 6) is 2.95. The zero-order valence-corrected chi connectivity index (χ0v) is 15.5. The smallest absolute Gasteiger partial charge is 0.157 e. The molecule has 136 valence electrons. The Kier molecular flexibility index (Phi) is 4.94. The molecule has 2 aromatic heterocycles. The zero-order chi connectivity index (χ0) is 18.1. The molecule has 0 bridgehead atoms. The van der Waals surface area contributed by atoms with Crippen molar-refractivity contribution in [2.24, 2.45) is 7.05 Å². The van der Waals surface area contributed by atoms with Crippen LogP contribution in [-0.2, 0) is 7.05 Å². The topological polar surface area (TPSA) is 76.3 Å². The Labute approximate surface area is 148 Å². The number of β-amino-alcohol motifs (C(OH)–C–C–N with tert-alkyl or cyclic N) is 1. The molecule has 2 aromatic rings. The molecule has 0 radical (unpaired) electrons. The maximum absolute atomic E-state index is 10.4. The number of aryl methyl sites for hydroxylation is 1. The summed E-state index contributed by atoms with van der Waals surface area (Å²) in [4.78, 5) is 11.5. The third-order valence-corrected chi connectivity index (χ3v) is 4.39. The van der Waals surface area contributed by atoms with Crippen LogP contribution in [0.15, 0.2) is 18.5 Å². The summed E-state index contributed by atoms with van der Waals surface area (Å²) in [5.41, 5.74) is 1.03. The highest BCUT2D eigenvalue weighted by Gasteiger charge is 2.34. The summed E-state index contributed by atoms with van der Waals surface area (Å²) in [6.45, 7) is 9.53. The van der Waals surface area contributed by atoms with Crippen molar-refractivity contribution in [2.45, 2.75) is 51.7 Å². The molecule has 1 aliphatic heterocycles. The standard InChI is InChI=1S/C18H27N5O2/c1-11(2)14-6-17(21-18(20-14)12(3)4)23-9-15(24)16(10-23)25-13-7-19-22(5)8-13/h6-8,11-12,15-16,24H,9-10H2,1-5H3/t15-,16-/m1/s1. The molecular weight excluding hydrogens is 318 g/mol. The number of hydrogen-bond donors (Lipinski definition) is 1. The van der Waals surface area contributed by atoms with Crippen LogP contribution in [0.3, 0.4) is 0 Å². The fourth-order valence-corrected chi connectivity index (χ4v) is 2.88. The minimum atomic E-state index is -0.569. The maximum Gasteiger partial charge on any atom is 0.157 e. The molecule has 2 atom stereocenters. The molecular formula is C18H27N5O2. The van der Waals surface area contributed by atoms with Gasteiger partial charge in [0.2, 0.25) is 0 Å². The second kappa shape index (κ2) is 7.00. The van der Waals surface area contributed by atoms with E-state index in [1.165, 1.54) is 0 Å². The van der Waals surface area contributed by atoms with Crippen LogP contribution < -0.4 is 9.64 Å². The van der Waals surface area contributed by atoms with Gasteiger partial charge in [0.15, 0.2) is 5.75 Å². The molecule has 0 spiro atoms. The molecule has 0 saturated carbocycles. The van der Waals surface area contributed by atoms with Crippen molar-refractivity contribution >= 4 is 5.82 Å². The van der Waals surface area contributed by atoms with Crippen LogP contribution in [0, 0.1) is 0 Å². The number of nitrogens with zero attached hydrogens (tertiary/aromatic N) is 5. The maximum atomic E-state index is 10.4. The van der Waals surface area contributed by atoms with Gasteiger partial charge < -0.3 is 14.7 Å². The van der Waals surface area contributed by atoms with Gasteiger partial charge in [0.05, 0.1) is 18.9 Å². The Bertz CT molecular complexity index is 702. The molecule has 3 rings (SSSR count). The van der Waals surface area contributed by atoms with Crippen molar-refractivity contribution in [1.29, 1.82) is 0 Å². The van der Waals surface area contributed by atoms with Crippen LogP contribution in [0.25, 0.3) is 0 Å². The van der Waals surface area contributed by atoms with Crippen LogP contribution in [0.5, 0.6) is 5.75 Å². The van der Waals surface area contributed by atoms with E-state index in [9.17, 15) is 5.11 Å². The van der Waals surface area contributed by atoms with Crippen LogP contribution in [0.1, 0.15) is 51.0 Å².